The van der Waals surface area contributed by atoms with Crippen LogP contribution < -0.4 is 19.9 Å². The van der Waals surface area contributed by atoms with Crippen molar-refractivity contribution < 1.29 is 37.0 Å². The number of amides is 2. The maximum atomic E-state index is 14.1. The molecule has 270 valence electrons. The first kappa shape index (κ1) is 37.9. The molecule has 50 heavy (non-hydrogen) atoms. The number of hydrogen-bond acceptors (Lipinski definition) is 9. The summed E-state index contributed by atoms with van der Waals surface area (Å²) in [5, 5.41) is 3.03. The van der Waals surface area contributed by atoms with Gasteiger partial charge in [-0.3, -0.25) is 9.69 Å². The van der Waals surface area contributed by atoms with Crippen molar-refractivity contribution in [3.8, 4) is 5.75 Å². The van der Waals surface area contributed by atoms with Crippen LogP contribution in [0.3, 0.4) is 0 Å². The maximum Gasteiger partial charge on any atom is 0.471 e. The Morgan fingerprint density at radius 3 is 2.16 bits per heavy atom. The van der Waals surface area contributed by atoms with Crippen LogP contribution in [0.15, 0.2) is 60.8 Å². The SMILES string of the molecule is CCN(CC)c1ncc(N(CCc2ccccc2)C(=O)C(F)(F)F)c(N[C@@H](Cc2ccc(OC(=O)N3CCCC3)cc2)C(=O)OC(C)(C)C)n1. The first-order chi connectivity index (χ1) is 23.7. The molecular weight excluding hydrogens is 653 g/mol. The number of rotatable bonds is 13. The molecule has 2 heterocycles. The molecule has 2 amide bonds. The van der Waals surface area contributed by atoms with Crippen LogP contribution in [0.2, 0.25) is 0 Å². The molecule has 4 rings (SSSR count). The molecule has 0 radical (unpaired) electrons. The molecule has 0 spiro atoms. The highest BCUT2D eigenvalue weighted by Gasteiger charge is 2.44. The van der Waals surface area contributed by atoms with E-state index in [-0.39, 0.29) is 36.8 Å². The van der Waals surface area contributed by atoms with Gasteiger partial charge in [0.2, 0.25) is 5.95 Å². The molecule has 1 saturated heterocycles. The molecule has 14 heteroatoms. The number of carbonyl (C=O) groups is 3. The molecule has 1 N–H and O–H groups in total. The third kappa shape index (κ3) is 10.6. The van der Waals surface area contributed by atoms with Crippen LogP contribution in [-0.2, 0) is 27.2 Å². The van der Waals surface area contributed by atoms with Crippen LogP contribution in [-0.4, -0.2) is 83.4 Å². The largest absolute Gasteiger partial charge is 0.471 e. The summed E-state index contributed by atoms with van der Waals surface area (Å²) in [7, 11) is 0. The van der Waals surface area contributed by atoms with E-state index in [1.807, 2.05) is 13.8 Å². The monoisotopic (exact) mass is 698 g/mol. The number of esters is 1. The van der Waals surface area contributed by atoms with Crippen LogP contribution in [0.25, 0.3) is 0 Å². The Kier molecular flexibility index (Phi) is 12.7. The minimum atomic E-state index is -5.20. The van der Waals surface area contributed by atoms with E-state index >= 15 is 0 Å². The fourth-order valence-electron chi connectivity index (χ4n) is 5.42. The highest BCUT2D eigenvalue weighted by Crippen LogP contribution is 2.31. The van der Waals surface area contributed by atoms with E-state index < -0.39 is 35.8 Å². The highest BCUT2D eigenvalue weighted by atomic mass is 19.4. The van der Waals surface area contributed by atoms with Crippen molar-refractivity contribution in [2.24, 2.45) is 0 Å². The van der Waals surface area contributed by atoms with Gasteiger partial charge in [0, 0.05) is 39.1 Å². The number of benzene rings is 2. The molecule has 11 nitrogen and oxygen atoms in total. The number of likely N-dealkylation sites (tertiary alicyclic amines) is 1. The lowest BCUT2D eigenvalue weighted by molar-refractivity contribution is -0.170. The molecule has 0 aliphatic carbocycles. The second-order valence-electron chi connectivity index (χ2n) is 12.9. The summed E-state index contributed by atoms with van der Waals surface area (Å²) in [4.78, 5) is 52.0. The number of nitrogens with zero attached hydrogens (tertiary/aromatic N) is 5. The zero-order chi connectivity index (χ0) is 36.5. The third-order valence-electron chi connectivity index (χ3n) is 7.98. The Hall–Kier alpha value is -4.88. The van der Waals surface area contributed by atoms with Crippen molar-refractivity contribution in [3.63, 3.8) is 0 Å². The topological polar surface area (TPSA) is 117 Å². The van der Waals surface area contributed by atoms with Gasteiger partial charge in [0.05, 0.1) is 6.20 Å². The summed E-state index contributed by atoms with van der Waals surface area (Å²) in [5.41, 5.74) is 0.237. The van der Waals surface area contributed by atoms with Gasteiger partial charge < -0.3 is 24.6 Å². The van der Waals surface area contributed by atoms with Gasteiger partial charge >= 0.3 is 24.1 Å². The average Bonchev–Trinajstić information content (AvgIpc) is 3.61. The van der Waals surface area contributed by atoms with Crippen LogP contribution >= 0.6 is 0 Å². The highest BCUT2D eigenvalue weighted by molar-refractivity contribution is 6.00. The van der Waals surface area contributed by atoms with Crippen molar-refractivity contribution in [2.45, 2.75) is 78.1 Å². The number of halogens is 3. The normalized spacial score (nSPS) is 13.8. The maximum absolute atomic E-state index is 14.1. The van der Waals surface area contributed by atoms with Gasteiger partial charge in [-0.05, 0) is 77.1 Å². The summed E-state index contributed by atoms with van der Waals surface area (Å²) >= 11 is 0. The van der Waals surface area contributed by atoms with Gasteiger partial charge in [-0.15, -0.1) is 0 Å². The summed E-state index contributed by atoms with van der Waals surface area (Å²) in [5.74, 6) is -2.39. The van der Waals surface area contributed by atoms with E-state index in [0.717, 1.165) is 18.4 Å². The summed E-state index contributed by atoms with van der Waals surface area (Å²) in [6.07, 6.45) is -2.47. The van der Waals surface area contributed by atoms with Gasteiger partial charge in [0.1, 0.15) is 23.1 Å². The second-order valence-corrected chi connectivity index (χ2v) is 12.9. The fraction of sp³-hybridized carbons (Fsp3) is 0.472. The minimum Gasteiger partial charge on any atom is -0.458 e. The van der Waals surface area contributed by atoms with Crippen LogP contribution in [0.5, 0.6) is 5.75 Å². The lowest BCUT2D eigenvalue weighted by atomic mass is 10.0. The standard InChI is InChI=1S/C36H45F3N6O5/c1-6-43(7-2)33-40-24-29(45(32(47)36(37,38)39)22-19-25-13-9-8-10-14-25)30(42-33)41-28(31(46)50-35(3,4)5)23-26-15-17-27(18-16-26)49-34(48)44-20-11-12-21-44/h8-10,13-18,24,28H,6-7,11-12,19-23H2,1-5H3,(H,40,41,42)/t28-/m0/s1. The Balaban J connectivity index is 1.71. The number of aromatic nitrogens is 2. The van der Waals surface area contributed by atoms with E-state index in [1.54, 1.807) is 85.2 Å². The number of ether oxygens (including phenoxy) is 2. The first-order valence-electron chi connectivity index (χ1n) is 16.8. The molecule has 1 atom stereocenters. The molecular formula is C36H45F3N6O5. The lowest BCUT2D eigenvalue weighted by Gasteiger charge is -2.29. The van der Waals surface area contributed by atoms with Crippen molar-refractivity contribution in [1.29, 1.82) is 0 Å². The molecule has 0 unspecified atom stereocenters. The molecule has 1 aliphatic heterocycles. The van der Waals surface area contributed by atoms with Gasteiger partial charge in [0.25, 0.3) is 0 Å². The summed E-state index contributed by atoms with van der Waals surface area (Å²) in [6, 6.07) is 14.3. The number of anilines is 3. The number of hydrogen-bond donors (Lipinski definition) is 1. The predicted molar refractivity (Wildman–Crippen MR) is 184 cm³/mol. The average molecular weight is 699 g/mol. The molecule has 0 saturated carbocycles. The molecule has 1 aliphatic rings. The molecule has 1 fully saturated rings. The fourth-order valence-corrected chi connectivity index (χ4v) is 5.42. The molecule has 0 bridgehead atoms. The van der Waals surface area contributed by atoms with E-state index in [9.17, 15) is 27.6 Å². The lowest BCUT2D eigenvalue weighted by Crippen LogP contribution is -2.44. The van der Waals surface area contributed by atoms with Gasteiger partial charge in [0.15, 0.2) is 5.82 Å². The number of nitrogens with one attached hydrogen (secondary N) is 1. The van der Waals surface area contributed by atoms with Gasteiger partial charge in [-0.25, -0.2) is 14.6 Å². The van der Waals surface area contributed by atoms with Crippen LogP contribution in [0.1, 0.15) is 58.6 Å². The van der Waals surface area contributed by atoms with Crippen molar-refractivity contribution in [3.05, 3.63) is 71.9 Å². The quantitative estimate of drug-likeness (QED) is 0.202. The van der Waals surface area contributed by atoms with Crippen molar-refractivity contribution >= 4 is 35.4 Å². The van der Waals surface area contributed by atoms with E-state index in [0.29, 0.717) is 42.4 Å². The summed E-state index contributed by atoms with van der Waals surface area (Å²) < 4.78 is 53.4. The predicted octanol–water partition coefficient (Wildman–Crippen LogP) is 6.42. The first-order valence-corrected chi connectivity index (χ1v) is 16.8. The molecule has 1 aromatic heterocycles. The summed E-state index contributed by atoms with van der Waals surface area (Å²) in [6.45, 7) is 10.8. The number of carbonyl (C=O) groups excluding carboxylic acids is 3. The zero-order valence-electron chi connectivity index (χ0n) is 29.1. The zero-order valence-corrected chi connectivity index (χ0v) is 29.1. The van der Waals surface area contributed by atoms with Crippen molar-refractivity contribution in [2.75, 3.05) is 47.8 Å². The van der Waals surface area contributed by atoms with E-state index in [4.69, 9.17) is 9.47 Å². The second kappa shape index (κ2) is 16.7. The Morgan fingerprint density at radius 1 is 0.940 bits per heavy atom. The molecule has 3 aromatic rings. The Labute approximate surface area is 290 Å². The van der Waals surface area contributed by atoms with Crippen LogP contribution in [0, 0.1) is 0 Å². The Morgan fingerprint density at radius 2 is 1.58 bits per heavy atom. The van der Waals surface area contributed by atoms with E-state index in [1.165, 1.54) is 6.20 Å². The van der Waals surface area contributed by atoms with Gasteiger partial charge in [-0.1, -0.05) is 42.5 Å². The molecule has 2 aromatic carbocycles. The van der Waals surface area contributed by atoms with Gasteiger partial charge in [-0.2, -0.15) is 18.2 Å². The number of alkyl halides is 3. The van der Waals surface area contributed by atoms with Crippen LogP contribution in [0.4, 0.5) is 35.4 Å². The Bertz CT molecular complexity index is 1590. The van der Waals surface area contributed by atoms with Crippen molar-refractivity contribution in [1.82, 2.24) is 14.9 Å². The third-order valence-corrected chi connectivity index (χ3v) is 7.98. The van der Waals surface area contributed by atoms with E-state index in [2.05, 4.69) is 15.3 Å². The minimum absolute atomic E-state index is 0.0243. The smallest absolute Gasteiger partial charge is 0.458 e.